The van der Waals surface area contributed by atoms with Crippen LogP contribution in [-0.4, -0.2) is 22.8 Å². The molecule has 0 aromatic rings. The zero-order valence-electron chi connectivity index (χ0n) is 4.36. The third-order valence-corrected chi connectivity index (χ3v) is 0.588. The maximum Gasteiger partial charge on any atom is 0.0439 e. The Labute approximate surface area is 47.1 Å². The molecule has 0 radical (unpaired) electrons. The second-order valence-corrected chi connectivity index (χ2v) is 1.17. The Morgan fingerprint density at radius 3 is 1.62 bits per heavy atom. The van der Waals surface area contributed by atoms with Crippen LogP contribution in [0.4, 0.5) is 0 Å². The largest absolute Gasteiger partial charge is 0.411 e. The third-order valence-electron chi connectivity index (χ3n) is 0.588. The van der Waals surface area contributed by atoms with Crippen LogP contribution >= 0.6 is 0 Å². The predicted molar refractivity (Wildman–Crippen MR) is 29.8 cm³/mol. The molecule has 0 fully saturated rings. The van der Waals surface area contributed by atoms with Crippen molar-refractivity contribution in [2.45, 2.75) is 12.8 Å². The standard InChI is InChI=1S/C4H8N2O2/c7-5-3-1-2-4-6-8/h3-4,7-8H,1-2H2/b5-3+,6-4+. The zero-order chi connectivity index (χ0) is 6.24. The number of hydrogen-bond acceptors (Lipinski definition) is 4. The molecule has 0 saturated heterocycles. The summed E-state index contributed by atoms with van der Waals surface area (Å²) in [5.41, 5.74) is 0. The molecule has 4 heteroatoms. The van der Waals surface area contributed by atoms with E-state index in [-0.39, 0.29) is 0 Å². The van der Waals surface area contributed by atoms with Gasteiger partial charge in [0.25, 0.3) is 0 Å². The first kappa shape index (κ1) is 6.94. The first-order chi connectivity index (χ1) is 3.91. The minimum atomic E-state index is 0.598. The van der Waals surface area contributed by atoms with Crippen LogP contribution in [0.5, 0.6) is 0 Å². The highest BCUT2D eigenvalue weighted by molar-refractivity contribution is 5.64. The average Bonchev–Trinajstić information content (AvgIpc) is 1.81. The molecule has 0 aliphatic carbocycles. The molecule has 0 aromatic carbocycles. The first-order valence-corrected chi connectivity index (χ1v) is 2.23. The summed E-state index contributed by atoms with van der Waals surface area (Å²) in [5.74, 6) is 0. The quantitative estimate of drug-likeness (QED) is 0.246. The average molecular weight is 116 g/mol. The van der Waals surface area contributed by atoms with E-state index >= 15 is 0 Å². The lowest BCUT2D eigenvalue weighted by atomic mass is 10.4. The van der Waals surface area contributed by atoms with Crippen LogP contribution in [-0.2, 0) is 0 Å². The van der Waals surface area contributed by atoms with Crippen LogP contribution in [0.25, 0.3) is 0 Å². The molecule has 0 heterocycles. The zero-order valence-corrected chi connectivity index (χ0v) is 4.36. The summed E-state index contributed by atoms with van der Waals surface area (Å²) in [6.45, 7) is 0. The van der Waals surface area contributed by atoms with Gasteiger partial charge in [-0.25, -0.2) is 0 Å². The number of rotatable bonds is 3. The van der Waals surface area contributed by atoms with E-state index in [1.165, 1.54) is 12.4 Å². The van der Waals surface area contributed by atoms with E-state index < -0.39 is 0 Å². The maximum atomic E-state index is 7.83. The normalized spacial score (nSPS) is 11.5. The number of unbranched alkanes of at least 4 members (excludes halogenated alkanes) is 1. The van der Waals surface area contributed by atoms with Crippen molar-refractivity contribution in [1.82, 2.24) is 0 Å². The Morgan fingerprint density at radius 1 is 1.00 bits per heavy atom. The van der Waals surface area contributed by atoms with Crippen LogP contribution in [0.3, 0.4) is 0 Å². The Bertz CT molecular complexity index is 78.0. The minimum absolute atomic E-state index is 0.598. The molecule has 0 aromatic heterocycles. The summed E-state index contributed by atoms with van der Waals surface area (Å²) in [6.07, 6.45) is 3.87. The Morgan fingerprint density at radius 2 is 1.38 bits per heavy atom. The predicted octanol–water partition coefficient (Wildman–Crippen LogP) is 0.687. The Balaban J connectivity index is 2.93. The van der Waals surface area contributed by atoms with Gasteiger partial charge in [-0.1, -0.05) is 0 Å². The van der Waals surface area contributed by atoms with Gasteiger partial charge in [-0.05, 0) is 12.8 Å². The van der Waals surface area contributed by atoms with Gasteiger partial charge in [0.15, 0.2) is 0 Å². The first-order valence-electron chi connectivity index (χ1n) is 2.23. The second kappa shape index (κ2) is 5.94. The molecule has 0 aliphatic rings. The van der Waals surface area contributed by atoms with Crippen molar-refractivity contribution >= 4 is 12.4 Å². The molecule has 0 rings (SSSR count). The number of oxime groups is 2. The van der Waals surface area contributed by atoms with Gasteiger partial charge in [-0.15, -0.1) is 10.3 Å². The van der Waals surface area contributed by atoms with Gasteiger partial charge in [0, 0.05) is 12.4 Å². The van der Waals surface area contributed by atoms with Crippen molar-refractivity contribution in [3.8, 4) is 0 Å². The SMILES string of the molecule is O/N=C/CC/C=N/O. The van der Waals surface area contributed by atoms with E-state index in [1.807, 2.05) is 0 Å². The lowest BCUT2D eigenvalue weighted by Gasteiger charge is -1.78. The summed E-state index contributed by atoms with van der Waals surface area (Å²) in [4.78, 5) is 0. The third kappa shape index (κ3) is 4.94. The number of hydrogen-bond donors (Lipinski definition) is 2. The molecule has 0 atom stereocenters. The fraction of sp³-hybridized carbons (Fsp3) is 0.500. The van der Waals surface area contributed by atoms with Crippen LogP contribution in [0, 0.1) is 0 Å². The molecule has 0 aliphatic heterocycles. The van der Waals surface area contributed by atoms with Crippen molar-refractivity contribution in [3.63, 3.8) is 0 Å². The van der Waals surface area contributed by atoms with Gasteiger partial charge in [-0.3, -0.25) is 0 Å². The van der Waals surface area contributed by atoms with E-state index in [0.29, 0.717) is 12.8 Å². The van der Waals surface area contributed by atoms with E-state index in [0.717, 1.165) is 0 Å². The van der Waals surface area contributed by atoms with Gasteiger partial charge in [0.1, 0.15) is 0 Å². The fourth-order valence-electron chi connectivity index (χ4n) is 0.265. The molecule has 0 spiro atoms. The molecule has 0 unspecified atom stereocenters. The van der Waals surface area contributed by atoms with Gasteiger partial charge in [0.2, 0.25) is 0 Å². The molecule has 46 valence electrons. The summed E-state index contributed by atoms with van der Waals surface area (Å²) in [6, 6.07) is 0. The monoisotopic (exact) mass is 116 g/mol. The van der Waals surface area contributed by atoms with E-state index in [9.17, 15) is 0 Å². The van der Waals surface area contributed by atoms with Gasteiger partial charge in [0.05, 0.1) is 0 Å². The highest BCUT2D eigenvalue weighted by Gasteiger charge is 1.74. The summed E-state index contributed by atoms with van der Waals surface area (Å²) >= 11 is 0. The summed E-state index contributed by atoms with van der Waals surface area (Å²) < 4.78 is 0. The molecular formula is C4H8N2O2. The Hall–Kier alpha value is -1.06. The van der Waals surface area contributed by atoms with Crippen molar-refractivity contribution in [3.05, 3.63) is 0 Å². The van der Waals surface area contributed by atoms with Crippen LogP contribution < -0.4 is 0 Å². The van der Waals surface area contributed by atoms with Crippen molar-refractivity contribution in [1.29, 1.82) is 0 Å². The topological polar surface area (TPSA) is 65.2 Å². The van der Waals surface area contributed by atoms with E-state index in [2.05, 4.69) is 10.3 Å². The highest BCUT2D eigenvalue weighted by atomic mass is 16.4. The number of nitrogens with zero attached hydrogens (tertiary/aromatic N) is 2. The Kier molecular flexibility index (Phi) is 5.15. The lowest BCUT2D eigenvalue weighted by molar-refractivity contribution is 0.318. The van der Waals surface area contributed by atoms with Crippen LogP contribution in [0.1, 0.15) is 12.8 Å². The summed E-state index contributed by atoms with van der Waals surface area (Å²) in [5, 5.41) is 21.1. The van der Waals surface area contributed by atoms with Gasteiger partial charge in [-0.2, -0.15) is 0 Å². The van der Waals surface area contributed by atoms with E-state index in [1.54, 1.807) is 0 Å². The van der Waals surface area contributed by atoms with Gasteiger partial charge >= 0.3 is 0 Å². The fourth-order valence-corrected chi connectivity index (χ4v) is 0.265. The minimum Gasteiger partial charge on any atom is -0.411 e. The van der Waals surface area contributed by atoms with Crippen molar-refractivity contribution in [2.75, 3.05) is 0 Å². The molecule has 0 amide bonds. The van der Waals surface area contributed by atoms with E-state index in [4.69, 9.17) is 10.4 Å². The molecule has 0 saturated carbocycles. The smallest absolute Gasteiger partial charge is 0.0439 e. The van der Waals surface area contributed by atoms with Crippen molar-refractivity contribution in [2.24, 2.45) is 10.3 Å². The molecule has 0 bridgehead atoms. The lowest BCUT2D eigenvalue weighted by Crippen LogP contribution is -1.77. The molecular weight excluding hydrogens is 108 g/mol. The van der Waals surface area contributed by atoms with Crippen LogP contribution in [0.2, 0.25) is 0 Å². The molecule has 4 nitrogen and oxygen atoms in total. The van der Waals surface area contributed by atoms with Crippen LogP contribution in [0.15, 0.2) is 10.3 Å². The molecule has 8 heavy (non-hydrogen) atoms. The highest BCUT2D eigenvalue weighted by Crippen LogP contribution is 1.77. The molecule has 2 N–H and O–H groups in total. The second-order valence-electron chi connectivity index (χ2n) is 1.17. The van der Waals surface area contributed by atoms with Gasteiger partial charge < -0.3 is 10.4 Å². The maximum absolute atomic E-state index is 7.83. The van der Waals surface area contributed by atoms with Crippen molar-refractivity contribution < 1.29 is 10.4 Å². The summed E-state index contributed by atoms with van der Waals surface area (Å²) in [7, 11) is 0.